The van der Waals surface area contributed by atoms with Crippen LogP contribution in [0.2, 0.25) is 0 Å². The minimum atomic E-state index is -1.05. The van der Waals surface area contributed by atoms with E-state index in [0.29, 0.717) is 23.4 Å². The van der Waals surface area contributed by atoms with E-state index < -0.39 is 12.0 Å². The monoisotopic (exact) mass is 285 g/mol. The number of aliphatic carboxylic acids is 1. The summed E-state index contributed by atoms with van der Waals surface area (Å²) in [5.74, 6) is 0.989. The predicted octanol–water partition coefficient (Wildman–Crippen LogP) is 0.770. The Labute approximate surface area is 114 Å². The van der Waals surface area contributed by atoms with E-state index in [1.165, 1.54) is 18.7 Å². The number of amides is 1. The van der Waals surface area contributed by atoms with Crippen molar-refractivity contribution in [3.05, 3.63) is 11.7 Å². The van der Waals surface area contributed by atoms with Gasteiger partial charge in [-0.3, -0.25) is 4.79 Å². The molecule has 1 fully saturated rings. The van der Waals surface area contributed by atoms with Crippen LogP contribution >= 0.6 is 11.8 Å². The normalized spacial score (nSPS) is 16.1. The molecule has 1 saturated carbocycles. The fourth-order valence-corrected chi connectivity index (χ4v) is 2.39. The largest absolute Gasteiger partial charge is 0.480 e. The molecule has 2 N–H and O–H groups in total. The van der Waals surface area contributed by atoms with Crippen molar-refractivity contribution in [2.45, 2.75) is 37.5 Å². The predicted molar refractivity (Wildman–Crippen MR) is 67.7 cm³/mol. The SMILES string of the molecule is CC(=O)N[C@@H](CSCc1noc(C2CC2)n1)C(=O)O. The molecule has 1 aromatic rings. The van der Waals surface area contributed by atoms with Crippen LogP contribution in [0.3, 0.4) is 0 Å². The summed E-state index contributed by atoms with van der Waals surface area (Å²) in [6.07, 6.45) is 2.19. The summed E-state index contributed by atoms with van der Waals surface area (Å²) < 4.78 is 5.10. The molecule has 0 aliphatic heterocycles. The lowest BCUT2D eigenvalue weighted by atomic mass is 10.3. The average molecular weight is 285 g/mol. The highest BCUT2D eigenvalue weighted by molar-refractivity contribution is 7.98. The molecule has 1 aliphatic rings. The molecule has 1 atom stereocenters. The van der Waals surface area contributed by atoms with Gasteiger partial charge in [-0.05, 0) is 12.8 Å². The number of carbonyl (C=O) groups is 2. The highest BCUT2D eigenvalue weighted by atomic mass is 32.2. The van der Waals surface area contributed by atoms with E-state index >= 15 is 0 Å². The first-order chi connectivity index (χ1) is 9.06. The van der Waals surface area contributed by atoms with E-state index in [1.54, 1.807) is 0 Å². The summed E-state index contributed by atoms with van der Waals surface area (Å²) in [4.78, 5) is 26.0. The van der Waals surface area contributed by atoms with Crippen molar-refractivity contribution < 1.29 is 19.2 Å². The van der Waals surface area contributed by atoms with Crippen molar-refractivity contribution in [2.24, 2.45) is 0 Å². The summed E-state index contributed by atoms with van der Waals surface area (Å²) >= 11 is 1.35. The number of nitrogens with one attached hydrogen (secondary N) is 1. The molecule has 0 aromatic carbocycles. The molecular weight excluding hydrogens is 270 g/mol. The molecule has 0 radical (unpaired) electrons. The molecule has 104 valence electrons. The van der Waals surface area contributed by atoms with Crippen LogP contribution in [-0.2, 0) is 15.3 Å². The molecule has 0 spiro atoms. The first kappa shape index (κ1) is 13.9. The van der Waals surface area contributed by atoms with Crippen molar-refractivity contribution in [2.75, 3.05) is 5.75 Å². The van der Waals surface area contributed by atoms with Crippen molar-refractivity contribution in [1.29, 1.82) is 0 Å². The number of hydrogen-bond acceptors (Lipinski definition) is 6. The second kappa shape index (κ2) is 6.05. The maximum absolute atomic E-state index is 10.9. The maximum atomic E-state index is 10.9. The zero-order valence-corrected chi connectivity index (χ0v) is 11.3. The number of aromatic nitrogens is 2. The molecular formula is C11H15N3O4S. The number of hydrogen-bond donors (Lipinski definition) is 2. The molecule has 7 nitrogen and oxygen atoms in total. The highest BCUT2D eigenvalue weighted by Gasteiger charge is 2.29. The lowest BCUT2D eigenvalue weighted by Gasteiger charge is -2.11. The van der Waals surface area contributed by atoms with Crippen LogP contribution in [0.25, 0.3) is 0 Å². The van der Waals surface area contributed by atoms with Crippen molar-refractivity contribution >= 4 is 23.6 Å². The Morgan fingerprint density at radius 1 is 1.58 bits per heavy atom. The van der Waals surface area contributed by atoms with Gasteiger partial charge < -0.3 is 14.9 Å². The highest BCUT2D eigenvalue weighted by Crippen LogP contribution is 2.38. The van der Waals surface area contributed by atoms with Gasteiger partial charge in [0, 0.05) is 18.6 Å². The zero-order valence-electron chi connectivity index (χ0n) is 10.5. The van der Waals surface area contributed by atoms with Crippen LogP contribution in [0.4, 0.5) is 0 Å². The van der Waals surface area contributed by atoms with Crippen molar-refractivity contribution in [1.82, 2.24) is 15.5 Å². The fraction of sp³-hybridized carbons (Fsp3) is 0.636. The van der Waals surface area contributed by atoms with E-state index in [4.69, 9.17) is 9.63 Å². The van der Waals surface area contributed by atoms with Gasteiger partial charge in [-0.25, -0.2) is 4.79 Å². The van der Waals surface area contributed by atoms with Gasteiger partial charge in [-0.15, -0.1) is 0 Å². The third-order valence-electron chi connectivity index (χ3n) is 2.60. The number of carbonyl (C=O) groups excluding carboxylic acids is 1. The molecule has 0 bridgehead atoms. The van der Waals surface area contributed by atoms with Crippen LogP contribution in [0.15, 0.2) is 4.52 Å². The number of carboxylic acid groups (broad SMARTS) is 1. The number of nitrogens with zero attached hydrogens (tertiary/aromatic N) is 2. The first-order valence-corrected chi connectivity index (χ1v) is 7.12. The van der Waals surface area contributed by atoms with Crippen LogP contribution < -0.4 is 5.32 Å². The maximum Gasteiger partial charge on any atom is 0.327 e. The molecule has 1 amide bonds. The van der Waals surface area contributed by atoms with Gasteiger partial charge in [0.2, 0.25) is 11.8 Å². The van der Waals surface area contributed by atoms with Gasteiger partial charge in [0.05, 0.1) is 5.75 Å². The molecule has 8 heteroatoms. The van der Waals surface area contributed by atoms with Crippen LogP contribution in [0.5, 0.6) is 0 Å². The smallest absolute Gasteiger partial charge is 0.327 e. The Kier molecular flexibility index (Phi) is 4.41. The quantitative estimate of drug-likeness (QED) is 0.762. The van der Waals surface area contributed by atoms with Crippen LogP contribution in [0.1, 0.15) is 37.4 Å². The van der Waals surface area contributed by atoms with E-state index in [1.807, 2.05) is 0 Å². The molecule has 1 aliphatic carbocycles. The zero-order chi connectivity index (χ0) is 13.8. The second-order valence-corrected chi connectivity index (χ2v) is 5.46. The van der Waals surface area contributed by atoms with Gasteiger partial charge in [0.25, 0.3) is 0 Å². The van der Waals surface area contributed by atoms with Crippen molar-refractivity contribution in [3.8, 4) is 0 Å². The van der Waals surface area contributed by atoms with Crippen molar-refractivity contribution in [3.63, 3.8) is 0 Å². The fourth-order valence-electron chi connectivity index (χ4n) is 1.51. The number of thioether (sulfide) groups is 1. The number of rotatable bonds is 7. The average Bonchev–Trinajstić information content (AvgIpc) is 3.08. The van der Waals surface area contributed by atoms with Crippen LogP contribution in [-0.4, -0.2) is 38.9 Å². The Hall–Kier alpha value is -1.57. The lowest BCUT2D eigenvalue weighted by Crippen LogP contribution is -2.41. The Balaban J connectivity index is 1.77. The number of carboxylic acids is 1. The minimum Gasteiger partial charge on any atom is -0.480 e. The molecule has 0 saturated heterocycles. The summed E-state index contributed by atoms with van der Waals surface area (Å²) in [5.41, 5.74) is 0. The summed E-state index contributed by atoms with van der Waals surface area (Å²) in [6.45, 7) is 1.29. The Morgan fingerprint density at radius 2 is 2.32 bits per heavy atom. The second-order valence-electron chi connectivity index (χ2n) is 4.43. The topological polar surface area (TPSA) is 105 Å². The van der Waals surface area contributed by atoms with Crippen LogP contribution in [0, 0.1) is 0 Å². The molecule has 19 heavy (non-hydrogen) atoms. The van der Waals surface area contributed by atoms with Gasteiger partial charge in [0.1, 0.15) is 6.04 Å². The van der Waals surface area contributed by atoms with E-state index in [2.05, 4.69) is 15.5 Å². The summed E-state index contributed by atoms with van der Waals surface area (Å²) in [6, 6.07) is -0.891. The lowest BCUT2D eigenvalue weighted by molar-refractivity contribution is -0.140. The van der Waals surface area contributed by atoms with Gasteiger partial charge in [-0.2, -0.15) is 16.7 Å². The van der Waals surface area contributed by atoms with E-state index in [-0.39, 0.29) is 11.7 Å². The molecule has 1 heterocycles. The summed E-state index contributed by atoms with van der Waals surface area (Å²) in [5, 5.41) is 15.1. The standard InChI is InChI=1S/C11H15N3O4S/c1-6(15)12-8(11(16)17)4-19-5-9-13-10(18-14-9)7-2-3-7/h7-8H,2-5H2,1H3,(H,12,15)(H,16,17)/t8-/m0/s1. The van der Waals surface area contributed by atoms with Gasteiger partial charge >= 0.3 is 5.97 Å². The minimum absolute atomic E-state index is 0.266. The third kappa shape index (κ3) is 4.23. The van der Waals surface area contributed by atoms with E-state index in [0.717, 1.165) is 12.8 Å². The van der Waals surface area contributed by atoms with E-state index in [9.17, 15) is 9.59 Å². The summed E-state index contributed by atoms with van der Waals surface area (Å²) in [7, 11) is 0. The Bertz CT molecular complexity index is 472. The molecule has 2 rings (SSSR count). The molecule has 0 unspecified atom stereocenters. The molecule has 1 aromatic heterocycles. The van der Waals surface area contributed by atoms with Gasteiger partial charge in [0.15, 0.2) is 5.82 Å². The third-order valence-corrected chi connectivity index (χ3v) is 3.63. The Morgan fingerprint density at radius 3 is 2.89 bits per heavy atom. The van der Waals surface area contributed by atoms with Gasteiger partial charge in [-0.1, -0.05) is 5.16 Å². The first-order valence-electron chi connectivity index (χ1n) is 5.96.